The van der Waals surface area contributed by atoms with Crippen LogP contribution < -0.4 is 26.6 Å². The Bertz CT molecular complexity index is 1890. The first-order valence-electron chi connectivity index (χ1n) is 12.5. The highest BCUT2D eigenvalue weighted by Crippen LogP contribution is 2.29. The van der Waals surface area contributed by atoms with Crippen LogP contribution >= 0.6 is 11.3 Å². The average Bonchev–Trinajstić information content (AvgIpc) is 3.52. The molecule has 0 bridgehead atoms. The lowest BCUT2D eigenvalue weighted by Gasteiger charge is -2.19. The van der Waals surface area contributed by atoms with Crippen LogP contribution in [0.2, 0.25) is 0 Å². The van der Waals surface area contributed by atoms with Crippen molar-refractivity contribution in [3.05, 3.63) is 133 Å². The summed E-state index contributed by atoms with van der Waals surface area (Å²) in [6.45, 7) is 1.81. The maximum Gasteiger partial charge on any atom is 0.335 e. The third kappa shape index (κ3) is 5.71. The predicted molar refractivity (Wildman–Crippen MR) is 155 cm³/mol. The van der Waals surface area contributed by atoms with E-state index in [1.54, 1.807) is 24.7 Å². The summed E-state index contributed by atoms with van der Waals surface area (Å²) in [4.78, 5) is 43.4. The van der Waals surface area contributed by atoms with Crippen molar-refractivity contribution in [1.82, 2.24) is 19.4 Å². The van der Waals surface area contributed by atoms with Gasteiger partial charge in [-0.15, -0.1) is 11.3 Å². The molecule has 0 spiro atoms. The molecule has 2 aromatic carbocycles. The van der Waals surface area contributed by atoms with E-state index in [1.165, 1.54) is 41.7 Å². The molecule has 4 aromatic rings. The van der Waals surface area contributed by atoms with Crippen molar-refractivity contribution in [1.29, 1.82) is 5.41 Å². The first-order chi connectivity index (χ1) is 20.3. The zero-order valence-corrected chi connectivity index (χ0v) is 22.7. The highest BCUT2D eigenvalue weighted by molar-refractivity contribution is 7.07. The fourth-order valence-electron chi connectivity index (χ4n) is 4.07. The van der Waals surface area contributed by atoms with Crippen molar-refractivity contribution in [2.75, 3.05) is 5.32 Å². The molecule has 2 aromatic heterocycles. The molecule has 1 aliphatic rings. The number of thiazole rings is 1. The molecule has 0 fully saturated rings. The molecular weight excluding hydrogens is 566 g/mol. The Labute approximate surface area is 241 Å². The van der Waals surface area contributed by atoms with E-state index in [9.17, 15) is 18.8 Å². The number of dihydropyridines is 1. The van der Waals surface area contributed by atoms with E-state index in [-0.39, 0.29) is 35.0 Å². The summed E-state index contributed by atoms with van der Waals surface area (Å²) in [5, 5.41) is 14.7. The molecule has 0 atom stereocenters. The van der Waals surface area contributed by atoms with Crippen LogP contribution in [0.15, 0.2) is 98.9 Å². The van der Waals surface area contributed by atoms with Gasteiger partial charge in [-0.25, -0.2) is 23.1 Å². The van der Waals surface area contributed by atoms with Gasteiger partial charge < -0.3 is 20.8 Å². The van der Waals surface area contributed by atoms with Gasteiger partial charge in [0.2, 0.25) is 0 Å². The quantitative estimate of drug-likeness (QED) is 0.261. The average molecular weight is 589 g/mol. The number of ether oxygens (including phenoxy) is 1. The summed E-state index contributed by atoms with van der Waals surface area (Å²) >= 11 is 1.41. The van der Waals surface area contributed by atoms with Crippen molar-refractivity contribution in [2.24, 2.45) is 0 Å². The van der Waals surface area contributed by atoms with Crippen LogP contribution in [0.4, 0.5) is 14.5 Å². The molecule has 0 saturated heterocycles. The van der Waals surface area contributed by atoms with Gasteiger partial charge in [0, 0.05) is 47.9 Å². The summed E-state index contributed by atoms with van der Waals surface area (Å²) < 4.78 is 36.3. The van der Waals surface area contributed by atoms with E-state index >= 15 is 4.39 Å². The van der Waals surface area contributed by atoms with E-state index in [0.29, 0.717) is 17.0 Å². The monoisotopic (exact) mass is 588 g/mol. The van der Waals surface area contributed by atoms with E-state index in [0.717, 1.165) is 39.7 Å². The zero-order valence-electron chi connectivity index (χ0n) is 21.9. The van der Waals surface area contributed by atoms with Crippen molar-refractivity contribution in [3.63, 3.8) is 0 Å². The molecule has 3 N–H and O–H groups in total. The molecule has 212 valence electrons. The molecule has 0 saturated carbocycles. The van der Waals surface area contributed by atoms with Crippen LogP contribution in [0, 0.1) is 17.0 Å². The molecule has 10 nitrogen and oxygen atoms in total. The molecule has 0 aliphatic carbocycles. The van der Waals surface area contributed by atoms with Crippen LogP contribution in [0.5, 0.6) is 5.75 Å². The van der Waals surface area contributed by atoms with Gasteiger partial charge >= 0.3 is 5.69 Å². The maximum absolute atomic E-state index is 15.2. The molecule has 3 heterocycles. The molecular formula is C29H22F2N6O4S. The number of allylic oxidation sites excluding steroid dienone is 3. The summed E-state index contributed by atoms with van der Waals surface area (Å²) in [5.74, 6) is -2.16. The second-order valence-corrected chi connectivity index (χ2v) is 9.52. The van der Waals surface area contributed by atoms with Crippen LogP contribution in [0.25, 0.3) is 11.3 Å². The second-order valence-electron chi connectivity index (χ2n) is 8.80. The Balaban J connectivity index is 1.41. The van der Waals surface area contributed by atoms with Crippen LogP contribution in [-0.2, 0) is 6.54 Å². The van der Waals surface area contributed by atoms with Crippen molar-refractivity contribution in [3.8, 4) is 11.4 Å². The van der Waals surface area contributed by atoms with Gasteiger partial charge in [0.15, 0.2) is 17.3 Å². The predicted octanol–water partition coefficient (Wildman–Crippen LogP) is 4.45. The highest BCUT2D eigenvalue weighted by atomic mass is 32.1. The summed E-state index contributed by atoms with van der Waals surface area (Å²) in [5.41, 5.74) is 1.61. The number of halogens is 2. The van der Waals surface area contributed by atoms with Gasteiger partial charge in [-0.1, -0.05) is 0 Å². The zero-order chi connectivity index (χ0) is 29.8. The number of aryl methyl sites for hydroxylation is 1. The fourth-order valence-corrected chi connectivity index (χ4v) is 4.63. The summed E-state index contributed by atoms with van der Waals surface area (Å²) in [6, 6.07) is 8.41. The van der Waals surface area contributed by atoms with Crippen LogP contribution in [0.1, 0.15) is 23.0 Å². The molecule has 1 aliphatic heterocycles. The highest BCUT2D eigenvalue weighted by Gasteiger charge is 2.20. The molecule has 0 unspecified atom stereocenters. The fraction of sp³-hybridized carbons (Fsp3) is 0.0690. The Hall–Kier alpha value is -5.43. The number of amides is 1. The lowest BCUT2D eigenvalue weighted by atomic mass is 10.1. The Kier molecular flexibility index (Phi) is 8.02. The minimum Gasteiger partial charge on any atom is -0.452 e. The standard InChI is InChI=1S/C29H22F2N6O4S/c1-2-36-14-21(28(39)37(29(36)40)20-6-3-18(30)4-7-20)27(38)35-19-5-8-25(22(31)12-19)41-26-11-17(24-15-42-16-34-24)13-33-23(26)9-10-32/h3-16,32-33H,2H2,1H3,(H,35,38)/b23-9-,32-10?. The van der Waals surface area contributed by atoms with E-state index < -0.39 is 28.8 Å². The Morgan fingerprint density at radius 2 is 1.98 bits per heavy atom. The number of hydrogen-bond acceptors (Lipinski definition) is 8. The van der Waals surface area contributed by atoms with Gasteiger partial charge in [-0.3, -0.25) is 14.2 Å². The van der Waals surface area contributed by atoms with Crippen molar-refractivity contribution < 1.29 is 18.3 Å². The molecule has 5 rings (SSSR count). The van der Waals surface area contributed by atoms with E-state index in [1.807, 2.05) is 5.38 Å². The molecule has 13 heteroatoms. The third-order valence-electron chi connectivity index (χ3n) is 6.15. The normalized spacial score (nSPS) is 13.6. The number of benzene rings is 2. The third-order valence-corrected chi connectivity index (χ3v) is 6.74. The molecule has 1 amide bonds. The first kappa shape index (κ1) is 28.1. The summed E-state index contributed by atoms with van der Waals surface area (Å²) in [7, 11) is 0. The number of nitrogens with zero attached hydrogens (tertiary/aromatic N) is 3. The molecule has 42 heavy (non-hydrogen) atoms. The summed E-state index contributed by atoms with van der Waals surface area (Å²) in [6.07, 6.45) is 6.98. The van der Waals surface area contributed by atoms with Crippen molar-refractivity contribution >= 4 is 34.7 Å². The number of anilines is 1. The van der Waals surface area contributed by atoms with E-state index in [2.05, 4.69) is 15.6 Å². The maximum atomic E-state index is 15.2. The van der Waals surface area contributed by atoms with Crippen LogP contribution in [0.3, 0.4) is 0 Å². The van der Waals surface area contributed by atoms with Crippen LogP contribution in [-0.4, -0.2) is 26.2 Å². The van der Waals surface area contributed by atoms with Gasteiger partial charge in [0.25, 0.3) is 11.5 Å². The number of carbonyl (C=O) groups is 1. The second kappa shape index (κ2) is 12.0. The van der Waals surface area contributed by atoms with E-state index in [4.69, 9.17) is 10.1 Å². The first-order valence-corrected chi connectivity index (χ1v) is 13.4. The topological polar surface area (TPSA) is 131 Å². The number of hydrogen-bond donors (Lipinski definition) is 3. The van der Waals surface area contributed by atoms with Gasteiger partial charge in [-0.2, -0.15) is 0 Å². The largest absolute Gasteiger partial charge is 0.452 e. The van der Waals surface area contributed by atoms with Gasteiger partial charge in [0.1, 0.15) is 11.4 Å². The minimum absolute atomic E-state index is 0.0286. The number of aromatic nitrogens is 3. The lowest BCUT2D eigenvalue weighted by molar-refractivity contribution is 0.102. The Morgan fingerprint density at radius 1 is 1.19 bits per heavy atom. The number of rotatable bonds is 8. The van der Waals surface area contributed by atoms with Gasteiger partial charge in [0.05, 0.1) is 22.6 Å². The number of carbonyl (C=O) groups excluding carboxylic acids is 1. The minimum atomic E-state index is -0.916. The van der Waals surface area contributed by atoms with Crippen molar-refractivity contribution in [2.45, 2.75) is 13.5 Å². The van der Waals surface area contributed by atoms with Gasteiger partial charge in [-0.05, 0) is 55.5 Å². The molecule has 0 radical (unpaired) electrons. The lowest BCUT2D eigenvalue weighted by Crippen LogP contribution is -2.42. The smallest absolute Gasteiger partial charge is 0.335 e. The SMILES string of the molecule is CCn1cc(C(=O)Nc2ccc(OC3=CC(c4cscn4)=CN/C3=C\C=N)c(F)c2)c(=O)n(-c2ccc(F)cc2)c1=O. The Morgan fingerprint density at radius 3 is 2.64 bits per heavy atom. The number of nitrogens with one attached hydrogen (secondary N) is 3.